The summed E-state index contributed by atoms with van der Waals surface area (Å²) in [5.74, 6) is -1.12. The number of carbonyl (C=O) groups excluding carboxylic acids is 2. The van der Waals surface area contributed by atoms with E-state index in [-0.39, 0.29) is 0 Å². The van der Waals surface area contributed by atoms with Crippen LogP contribution in [0.2, 0.25) is 0 Å². The third-order valence-corrected chi connectivity index (χ3v) is 1.32. The van der Waals surface area contributed by atoms with E-state index in [1.54, 1.807) is 0 Å². The molecule has 0 aliphatic rings. The van der Waals surface area contributed by atoms with Gasteiger partial charge in [-0.3, -0.25) is 9.59 Å². The fourth-order valence-corrected chi connectivity index (χ4v) is 0.792. The molecule has 0 atom stereocenters. The Balaban J connectivity index is 0.000000265. The molecular formula is C12H14O3. The molecule has 0 amide bonds. The summed E-state index contributed by atoms with van der Waals surface area (Å²) in [7, 11) is 0. The summed E-state index contributed by atoms with van der Waals surface area (Å²) < 4.78 is 3.97. The van der Waals surface area contributed by atoms with Crippen LogP contribution in [0.3, 0.4) is 0 Å². The number of carbonyl (C=O) groups is 2. The van der Waals surface area contributed by atoms with Gasteiger partial charge in [0.25, 0.3) is 0 Å². The van der Waals surface area contributed by atoms with Gasteiger partial charge in [0.05, 0.1) is 0 Å². The first-order valence-electron chi connectivity index (χ1n) is 4.42. The van der Waals surface area contributed by atoms with E-state index in [4.69, 9.17) is 0 Å². The summed E-state index contributed by atoms with van der Waals surface area (Å²) in [5.41, 5.74) is 1.17. The van der Waals surface area contributed by atoms with Crippen molar-refractivity contribution in [1.29, 1.82) is 0 Å². The molecule has 3 heteroatoms. The van der Waals surface area contributed by atoms with Crippen molar-refractivity contribution < 1.29 is 14.3 Å². The second kappa shape index (κ2) is 7.50. The molecule has 1 aromatic carbocycles. The smallest absolute Gasteiger partial charge is 0.310 e. The molecule has 0 unspecified atom stereocenters. The standard InChI is InChI=1S/C8H8.C4H6O3/c1-2-8-6-4-3-5-7-8;1-3(5)7-4(2)6/h2-7H,1H2;1-2H3. The van der Waals surface area contributed by atoms with Gasteiger partial charge < -0.3 is 4.74 Å². The minimum absolute atomic E-state index is 0.562. The lowest BCUT2D eigenvalue weighted by Crippen LogP contribution is -2.03. The van der Waals surface area contributed by atoms with E-state index in [0.717, 1.165) is 0 Å². The average Bonchev–Trinajstić information content (AvgIpc) is 2.18. The van der Waals surface area contributed by atoms with E-state index >= 15 is 0 Å². The monoisotopic (exact) mass is 206 g/mol. The lowest BCUT2D eigenvalue weighted by atomic mass is 10.2. The van der Waals surface area contributed by atoms with Crippen LogP contribution in [0, 0.1) is 0 Å². The summed E-state index contributed by atoms with van der Waals surface area (Å²) in [5, 5.41) is 0. The summed E-state index contributed by atoms with van der Waals surface area (Å²) >= 11 is 0. The van der Waals surface area contributed by atoms with E-state index in [1.807, 2.05) is 36.4 Å². The van der Waals surface area contributed by atoms with Gasteiger partial charge in [0.1, 0.15) is 0 Å². The van der Waals surface area contributed by atoms with Gasteiger partial charge in [-0.15, -0.1) is 0 Å². The first-order chi connectivity index (χ1) is 7.06. The maximum Gasteiger partial charge on any atom is 0.310 e. The molecule has 0 aliphatic heterocycles. The number of hydrogen-bond acceptors (Lipinski definition) is 3. The zero-order valence-corrected chi connectivity index (χ0v) is 8.90. The number of ether oxygens (including phenoxy) is 1. The molecule has 0 bridgehead atoms. The van der Waals surface area contributed by atoms with E-state index in [1.165, 1.54) is 19.4 Å². The fraction of sp³-hybridized carbons (Fsp3) is 0.167. The average molecular weight is 206 g/mol. The molecular weight excluding hydrogens is 192 g/mol. The number of esters is 2. The van der Waals surface area contributed by atoms with Crippen LogP contribution in [-0.2, 0) is 14.3 Å². The van der Waals surface area contributed by atoms with Crippen LogP contribution >= 0.6 is 0 Å². The lowest BCUT2D eigenvalue weighted by molar-refractivity contribution is -0.156. The summed E-state index contributed by atoms with van der Waals surface area (Å²) in [6.45, 7) is 5.99. The van der Waals surface area contributed by atoms with Gasteiger partial charge in [-0.2, -0.15) is 0 Å². The van der Waals surface area contributed by atoms with Crippen LogP contribution < -0.4 is 0 Å². The largest absolute Gasteiger partial charge is 0.394 e. The van der Waals surface area contributed by atoms with E-state index in [0.29, 0.717) is 0 Å². The SMILES string of the molecule is C=Cc1ccccc1.CC(=O)OC(C)=O. The predicted molar refractivity (Wildman–Crippen MR) is 59.0 cm³/mol. The van der Waals surface area contributed by atoms with Crippen LogP contribution in [0.5, 0.6) is 0 Å². The Labute approximate surface area is 89.4 Å². The van der Waals surface area contributed by atoms with Gasteiger partial charge >= 0.3 is 11.9 Å². The highest BCUT2D eigenvalue weighted by molar-refractivity contribution is 5.82. The molecule has 80 valence electrons. The van der Waals surface area contributed by atoms with E-state index < -0.39 is 11.9 Å². The molecule has 0 radical (unpaired) electrons. The zero-order chi connectivity index (χ0) is 11.7. The van der Waals surface area contributed by atoms with Crippen LogP contribution in [-0.4, -0.2) is 11.9 Å². The van der Waals surface area contributed by atoms with Crippen molar-refractivity contribution in [3.63, 3.8) is 0 Å². The second-order valence-corrected chi connectivity index (χ2v) is 2.70. The van der Waals surface area contributed by atoms with Crippen molar-refractivity contribution in [3.8, 4) is 0 Å². The van der Waals surface area contributed by atoms with Crippen molar-refractivity contribution in [2.24, 2.45) is 0 Å². The van der Waals surface area contributed by atoms with Crippen LogP contribution in [0.25, 0.3) is 6.08 Å². The van der Waals surface area contributed by atoms with E-state index in [9.17, 15) is 9.59 Å². The maximum absolute atomic E-state index is 9.81. The Morgan fingerprint density at radius 2 is 1.60 bits per heavy atom. The Hall–Kier alpha value is -1.90. The molecule has 1 rings (SSSR count). The van der Waals surface area contributed by atoms with Crippen LogP contribution in [0.4, 0.5) is 0 Å². The van der Waals surface area contributed by atoms with Crippen molar-refractivity contribution in [2.75, 3.05) is 0 Å². The quantitative estimate of drug-likeness (QED) is 0.523. The lowest BCUT2D eigenvalue weighted by Gasteiger charge is -1.87. The predicted octanol–water partition coefficient (Wildman–Crippen LogP) is 2.43. The van der Waals surface area contributed by atoms with Crippen LogP contribution in [0.15, 0.2) is 36.9 Å². The third-order valence-electron chi connectivity index (χ3n) is 1.32. The molecule has 0 N–H and O–H groups in total. The molecule has 0 aliphatic carbocycles. The molecule has 1 aromatic rings. The van der Waals surface area contributed by atoms with Gasteiger partial charge in [-0.25, -0.2) is 0 Å². The summed E-state index contributed by atoms with van der Waals surface area (Å²) in [4.78, 5) is 19.6. The summed E-state index contributed by atoms with van der Waals surface area (Å²) in [6.07, 6.45) is 1.83. The third kappa shape index (κ3) is 8.43. The highest BCUT2D eigenvalue weighted by atomic mass is 16.6. The first kappa shape index (κ1) is 13.1. The molecule has 0 fully saturated rings. The second-order valence-electron chi connectivity index (χ2n) is 2.70. The normalized spacial score (nSPS) is 8.13. The van der Waals surface area contributed by atoms with Crippen molar-refractivity contribution in [1.82, 2.24) is 0 Å². The minimum Gasteiger partial charge on any atom is -0.394 e. The Kier molecular flexibility index (Phi) is 6.55. The van der Waals surface area contributed by atoms with Crippen molar-refractivity contribution >= 4 is 18.0 Å². The Morgan fingerprint density at radius 1 is 1.13 bits per heavy atom. The van der Waals surface area contributed by atoms with Gasteiger partial charge in [0, 0.05) is 13.8 Å². The fourth-order valence-electron chi connectivity index (χ4n) is 0.792. The molecule has 0 aromatic heterocycles. The van der Waals surface area contributed by atoms with Gasteiger partial charge in [0.2, 0.25) is 0 Å². The maximum atomic E-state index is 9.81. The molecule has 0 saturated heterocycles. The zero-order valence-electron chi connectivity index (χ0n) is 8.90. The highest BCUT2D eigenvalue weighted by Gasteiger charge is 1.93. The van der Waals surface area contributed by atoms with Crippen LogP contribution in [0.1, 0.15) is 19.4 Å². The van der Waals surface area contributed by atoms with Crippen molar-refractivity contribution in [3.05, 3.63) is 42.5 Å². The molecule has 0 spiro atoms. The molecule has 15 heavy (non-hydrogen) atoms. The Morgan fingerprint density at radius 3 is 1.80 bits per heavy atom. The van der Waals surface area contributed by atoms with Gasteiger partial charge in [-0.05, 0) is 5.56 Å². The van der Waals surface area contributed by atoms with Gasteiger partial charge in [0.15, 0.2) is 0 Å². The first-order valence-corrected chi connectivity index (χ1v) is 4.42. The number of benzene rings is 1. The minimum atomic E-state index is -0.562. The summed E-state index contributed by atoms with van der Waals surface area (Å²) in [6, 6.07) is 10.0. The molecule has 3 nitrogen and oxygen atoms in total. The molecule has 0 saturated carbocycles. The Bertz CT molecular complexity index is 316. The molecule has 0 heterocycles. The number of rotatable bonds is 1. The topological polar surface area (TPSA) is 43.4 Å². The number of hydrogen-bond donors (Lipinski definition) is 0. The van der Waals surface area contributed by atoms with Crippen molar-refractivity contribution in [2.45, 2.75) is 13.8 Å². The van der Waals surface area contributed by atoms with E-state index in [2.05, 4.69) is 11.3 Å². The van der Waals surface area contributed by atoms with Gasteiger partial charge in [-0.1, -0.05) is 43.0 Å². The highest BCUT2D eigenvalue weighted by Crippen LogP contribution is 1.97.